The third-order valence-corrected chi connectivity index (χ3v) is 3.04. The first-order chi connectivity index (χ1) is 7.84. The first kappa shape index (κ1) is 9.59. The smallest absolute Gasteiger partial charge is 0.201 e. The molecule has 0 aliphatic carbocycles. The van der Waals surface area contributed by atoms with E-state index in [1.165, 1.54) is 0 Å². The van der Waals surface area contributed by atoms with Crippen LogP contribution in [0.15, 0.2) is 18.5 Å². The Labute approximate surface area is 93.2 Å². The van der Waals surface area contributed by atoms with Crippen molar-refractivity contribution >= 4 is 17.0 Å². The molecule has 1 saturated heterocycles. The average Bonchev–Trinajstić information content (AvgIpc) is 2.89. The van der Waals surface area contributed by atoms with Gasteiger partial charge in [-0.05, 0) is 12.5 Å². The van der Waals surface area contributed by atoms with E-state index in [4.69, 9.17) is 10.5 Å². The summed E-state index contributed by atoms with van der Waals surface area (Å²) < 4.78 is 7.42. The van der Waals surface area contributed by atoms with Crippen molar-refractivity contribution in [2.75, 3.05) is 18.9 Å². The Morgan fingerprint density at radius 3 is 3.31 bits per heavy atom. The second kappa shape index (κ2) is 3.75. The predicted octanol–water partition coefficient (Wildman–Crippen LogP) is 1.05. The van der Waals surface area contributed by atoms with Gasteiger partial charge in [-0.3, -0.25) is 4.98 Å². The van der Waals surface area contributed by atoms with Crippen LogP contribution in [-0.2, 0) is 11.3 Å². The Hall–Kier alpha value is -1.62. The van der Waals surface area contributed by atoms with Crippen molar-refractivity contribution in [2.24, 2.45) is 5.92 Å². The molecule has 16 heavy (non-hydrogen) atoms. The molecule has 5 heteroatoms. The van der Waals surface area contributed by atoms with Gasteiger partial charge in [-0.1, -0.05) is 0 Å². The van der Waals surface area contributed by atoms with Gasteiger partial charge in [0.15, 0.2) is 0 Å². The summed E-state index contributed by atoms with van der Waals surface area (Å²) in [5, 5.41) is 0. The van der Waals surface area contributed by atoms with Crippen LogP contribution in [-0.4, -0.2) is 27.7 Å². The maximum atomic E-state index is 5.91. The summed E-state index contributed by atoms with van der Waals surface area (Å²) in [5.74, 6) is 1.11. The summed E-state index contributed by atoms with van der Waals surface area (Å²) >= 11 is 0. The first-order valence-electron chi connectivity index (χ1n) is 5.48. The van der Waals surface area contributed by atoms with E-state index < -0.39 is 0 Å². The number of hydrogen-bond acceptors (Lipinski definition) is 4. The quantitative estimate of drug-likeness (QED) is 0.818. The highest BCUT2D eigenvalue weighted by Crippen LogP contribution is 2.21. The van der Waals surface area contributed by atoms with Crippen LogP contribution >= 0.6 is 0 Å². The monoisotopic (exact) mass is 218 g/mol. The number of imidazole rings is 1. The Bertz CT molecular complexity index is 502. The molecule has 0 bridgehead atoms. The van der Waals surface area contributed by atoms with Crippen molar-refractivity contribution in [1.29, 1.82) is 0 Å². The third-order valence-electron chi connectivity index (χ3n) is 3.04. The Morgan fingerprint density at radius 1 is 1.56 bits per heavy atom. The van der Waals surface area contributed by atoms with Crippen LogP contribution in [0.2, 0.25) is 0 Å². The number of ether oxygens (including phenoxy) is 1. The highest BCUT2D eigenvalue weighted by atomic mass is 16.5. The number of nitrogens with zero attached hydrogens (tertiary/aromatic N) is 3. The van der Waals surface area contributed by atoms with Gasteiger partial charge in [0.1, 0.15) is 5.52 Å². The molecule has 1 atom stereocenters. The highest BCUT2D eigenvalue weighted by molar-refractivity contribution is 5.76. The molecule has 1 fully saturated rings. The molecule has 1 aliphatic rings. The van der Waals surface area contributed by atoms with E-state index in [1.807, 2.05) is 6.07 Å². The molecule has 2 N–H and O–H groups in total. The number of hydrogen-bond donors (Lipinski definition) is 1. The molecule has 0 amide bonds. The van der Waals surface area contributed by atoms with Gasteiger partial charge in [0.2, 0.25) is 5.95 Å². The average molecular weight is 218 g/mol. The van der Waals surface area contributed by atoms with Gasteiger partial charge in [-0.2, -0.15) is 0 Å². The van der Waals surface area contributed by atoms with Crippen LogP contribution in [0.5, 0.6) is 0 Å². The summed E-state index contributed by atoms with van der Waals surface area (Å²) in [6.07, 6.45) is 4.61. The molecule has 2 aromatic heterocycles. The number of nitrogens with two attached hydrogens (primary N) is 1. The summed E-state index contributed by atoms with van der Waals surface area (Å²) in [4.78, 5) is 8.34. The molecule has 84 valence electrons. The lowest BCUT2D eigenvalue weighted by Gasteiger charge is -2.10. The normalized spacial score (nSPS) is 20.6. The summed E-state index contributed by atoms with van der Waals surface area (Å²) in [7, 11) is 0. The zero-order valence-electron chi connectivity index (χ0n) is 8.97. The van der Waals surface area contributed by atoms with E-state index in [9.17, 15) is 0 Å². The number of nitrogen functional groups attached to an aromatic ring is 1. The summed E-state index contributed by atoms with van der Waals surface area (Å²) in [6.45, 7) is 2.56. The molecule has 1 unspecified atom stereocenters. The maximum Gasteiger partial charge on any atom is 0.201 e. The molecular formula is C11H14N4O. The fourth-order valence-electron chi connectivity index (χ4n) is 2.18. The largest absolute Gasteiger partial charge is 0.381 e. The predicted molar refractivity (Wildman–Crippen MR) is 60.9 cm³/mol. The van der Waals surface area contributed by atoms with E-state index in [1.54, 1.807) is 12.4 Å². The zero-order chi connectivity index (χ0) is 11.0. The van der Waals surface area contributed by atoms with Gasteiger partial charge in [0.25, 0.3) is 0 Å². The van der Waals surface area contributed by atoms with Gasteiger partial charge >= 0.3 is 0 Å². The zero-order valence-corrected chi connectivity index (χ0v) is 8.97. The third kappa shape index (κ3) is 1.53. The standard InChI is InChI=1S/C11H14N4O/c12-11-14-9-5-13-3-1-10(9)15(11)6-8-2-4-16-7-8/h1,3,5,8H,2,4,6-7H2,(H2,12,14). The van der Waals surface area contributed by atoms with E-state index in [-0.39, 0.29) is 0 Å². The highest BCUT2D eigenvalue weighted by Gasteiger charge is 2.18. The molecule has 3 heterocycles. The SMILES string of the molecule is Nc1nc2cnccc2n1CC1CCOC1. The molecule has 0 saturated carbocycles. The van der Waals surface area contributed by atoms with Crippen molar-refractivity contribution in [3.8, 4) is 0 Å². The minimum Gasteiger partial charge on any atom is -0.381 e. The van der Waals surface area contributed by atoms with E-state index in [2.05, 4.69) is 14.5 Å². The van der Waals surface area contributed by atoms with E-state index >= 15 is 0 Å². The molecule has 0 aromatic carbocycles. The first-order valence-corrected chi connectivity index (χ1v) is 5.48. The number of fused-ring (bicyclic) bond motifs is 1. The minimum atomic E-state index is 0.549. The van der Waals surface area contributed by atoms with Crippen molar-refractivity contribution < 1.29 is 4.74 Å². The second-order valence-corrected chi connectivity index (χ2v) is 4.17. The lowest BCUT2D eigenvalue weighted by Crippen LogP contribution is -2.12. The molecule has 3 rings (SSSR count). The van der Waals surface area contributed by atoms with Crippen molar-refractivity contribution in [2.45, 2.75) is 13.0 Å². The number of rotatable bonds is 2. The van der Waals surface area contributed by atoms with Crippen LogP contribution in [0.25, 0.3) is 11.0 Å². The maximum absolute atomic E-state index is 5.91. The topological polar surface area (TPSA) is 66.0 Å². The number of pyridine rings is 1. The minimum absolute atomic E-state index is 0.549. The van der Waals surface area contributed by atoms with E-state index in [0.29, 0.717) is 11.9 Å². The molecule has 0 radical (unpaired) electrons. The molecule has 0 spiro atoms. The van der Waals surface area contributed by atoms with Crippen LogP contribution in [0.1, 0.15) is 6.42 Å². The Morgan fingerprint density at radius 2 is 2.50 bits per heavy atom. The summed E-state index contributed by atoms with van der Waals surface area (Å²) in [5.41, 5.74) is 7.83. The number of aromatic nitrogens is 3. The van der Waals surface area contributed by atoms with Gasteiger partial charge < -0.3 is 15.0 Å². The number of anilines is 1. The van der Waals surface area contributed by atoms with Gasteiger partial charge in [0.05, 0.1) is 18.3 Å². The van der Waals surface area contributed by atoms with Gasteiger partial charge in [0, 0.05) is 25.3 Å². The van der Waals surface area contributed by atoms with Gasteiger partial charge in [-0.25, -0.2) is 4.98 Å². The lowest BCUT2D eigenvalue weighted by molar-refractivity contribution is 0.183. The fraction of sp³-hybridized carbons (Fsp3) is 0.455. The Kier molecular flexibility index (Phi) is 2.25. The second-order valence-electron chi connectivity index (χ2n) is 4.17. The van der Waals surface area contributed by atoms with Crippen molar-refractivity contribution in [3.63, 3.8) is 0 Å². The lowest BCUT2D eigenvalue weighted by atomic mass is 10.1. The van der Waals surface area contributed by atoms with Crippen molar-refractivity contribution in [1.82, 2.24) is 14.5 Å². The van der Waals surface area contributed by atoms with Crippen LogP contribution < -0.4 is 5.73 Å². The van der Waals surface area contributed by atoms with Crippen LogP contribution in [0.3, 0.4) is 0 Å². The fourth-order valence-corrected chi connectivity index (χ4v) is 2.18. The molecule has 5 nitrogen and oxygen atoms in total. The van der Waals surface area contributed by atoms with Gasteiger partial charge in [-0.15, -0.1) is 0 Å². The molecule has 2 aromatic rings. The van der Waals surface area contributed by atoms with Crippen molar-refractivity contribution in [3.05, 3.63) is 18.5 Å². The molecular weight excluding hydrogens is 204 g/mol. The summed E-state index contributed by atoms with van der Waals surface area (Å²) in [6, 6.07) is 1.95. The van der Waals surface area contributed by atoms with Crippen LogP contribution in [0, 0.1) is 5.92 Å². The molecule has 1 aliphatic heterocycles. The van der Waals surface area contributed by atoms with E-state index in [0.717, 1.165) is 37.2 Å². The Balaban J connectivity index is 1.98. The van der Waals surface area contributed by atoms with Crippen LogP contribution in [0.4, 0.5) is 5.95 Å².